The second-order valence-corrected chi connectivity index (χ2v) is 8.83. The van der Waals surface area contributed by atoms with Crippen molar-refractivity contribution in [2.45, 2.75) is 17.9 Å². The van der Waals surface area contributed by atoms with E-state index in [9.17, 15) is 22.4 Å². The minimum absolute atomic E-state index is 0.0639. The van der Waals surface area contributed by atoms with Crippen molar-refractivity contribution >= 4 is 10.0 Å². The summed E-state index contributed by atoms with van der Waals surface area (Å²) in [6, 6.07) is 6.28. The molecule has 0 unspecified atom stereocenters. The quantitative estimate of drug-likeness (QED) is 0.724. The molecule has 0 aliphatic carbocycles. The van der Waals surface area contributed by atoms with Gasteiger partial charge < -0.3 is 4.57 Å². The highest BCUT2D eigenvalue weighted by Crippen LogP contribution is 2.23. The molecule has 1 aromatic carbocycles. The number of rotatable bonds is 4. The smallest absolute Gasteiger partial charge is 0.302 e. The van der Waals surface area contributed by atoms with Crippen molar-refractivity contribution in [3.8, 4) is 0 Å². The van der Waals surface area contributed by atoms with Gasteiger partial charge in [0, 0.05) is 52.5 Å². The largest absolute Gasteiger partial charge is 0.330 e. The van der Waals surface area contributed by atoms with Gasteiger partial charge in [-0.05, 0) is 24.6 Å². The Hall–Kier alpha value is -2.30. The molecule has 1 fully saturated rings. The van der Waals surface area contributed by atoms with Gasteiger partial charge in [-0.25, -0.2) is 17.6 Å². The molecule has 0 bridgehead atoms. The summed E-state index contributed by atoms with van der Waals surface area (Å²) >= 11 is 0. The first kappa shape index (κ1) is 20.4. The molecule has 0 radical (unpaired) electrons. The second-order valence-electron chi connectivity index (χ2n) is 6.92. The van der Waals surface area contributed by atoms with Gasteiger partial charge in [0.25, 0.3) is 5.56 Å². The molecule has 0 saturated carbocycles. The second kappa shape index (κ2) is 7.61. The number of aryl methyl sites for hydroxylation is 1. The molecule has 0 spiro atoms. The van der Waals surface area contributed by atoms with E-state index >= 15 is 0 Å². The van der Waals surface area contributed by atoms with Crippen LogP contribution in [0.2, 0.25) is 0 Å². The first-order valence-corrected chi connectivity index (χ1v) is 10.3. The molecule has 1 saturated heterocycles. The fourth-order valence-electron chi connectivity index (χ4n) is 3.40. The maximum atomic E-state index is 13.5. The van der Waals surface area contributed by atoms with E-state index in [-0.39, 0.29) is 24.9 Å². The van der Waals surface area contributed by atoms with Gasteiger partial charge in [-0.15, -0.1) is 0 Å². The van der Waals surface area contributed by atoms with E-state index in [4.69, 9.17) is 0 Å². The maximum absolute atomic E-state index is 13.5. The van der Waals surface area contributed by atoms with Crippen LogP contribution in [0.25, 0.3) is 0 Å². The Labute approximate surface area is 162 Å². The Morgan fingerprint density at radius 1 is 1.07 bits per heavy atom. The minimum Gasteiger partial charge on any atom is -0.302 e. The zero-order valence-electron chi connectivity index (χ0n) is 16.0. The Morgan fingerprint density at radius 3 is 2.32 bits per heavy atom. The standard InChI is InChI=1S/C18H23FN4O4S/c1-13(14-5-4-6-15(19)11-14)22-7-9-23(10-8-22)28(26,27)16-12-20(2)18(25)21(3)17(16)24/h4-6,11-13H,7-10H2,1-3H3/t13-/m0/s1. The van der Waals surface area contributed by atoms with Crippen LogP contribution in [0, 0.1) is 5.82 Å². The number of piperazine rings is 1. The van der Waals surface area contributed by atoms with Crippen molar-refractivity contribution in [2.75, 3.05) is 26.2 Å². The van der Waals surface area contributed by atoms with Gasteiger partial charge in [-0.1, -0.05) is 12.1 Å². The predicted octanol–water partition coefficient (Wildman–Crippen LogP) is 0.291. The molecule has 2 aromatic rings. The Balaban J connectivity index is 1.79. The van der Waals surface area contributed by atoms with Crippen LogP contribution in [0.3, 0.4) is 0 Å². The Bertz CT molecular complexity index is 1100. The molecule has 1 aromatic heterocycles. The summed E-state index contributed by atoms with van der Waals surface area (Å²) in [6.07, 6.45) is 1.07. The molecular formula is C18H23FN4O4S. The first-order valence-electron chi connectivity index (χ1n) is 8.89. The van der Waals surface area contributed by atoms with Crippen LogP contribution >= 0.6 is 0 Å². The van der Waals surface area contributed by atoms with E-state index in [1.54, 1.807) is 6.07 Å². The van der Waals surface area contributed by atoms with Crippen LogP contribution in [0.4, 0.5) is 4.39 Å². The van der Waals surface area contributed by atoms with E-state index in [0.717, 1.165) is 20.9 Å². The molecule has 0 N–H and O–H groups in total. The van der Waals surface area contributed by atoms with Crippen molar-refractivity contribution < 1.29 is 12.8 Å². The molecule has 8 nitrogen and oxygen atoms in total. The number of sulfonamides is 1. The zero-order valence-corrected chi connectivity index (χ0v) is 16.8. The summed E-state index contributed by atoms with van der Waals surface area (Å²) in [5.41, 5.74) is -0.598. The fourth-order valence-corrected chi connectivity index (χ4v) is 4.97. The minimum atomic E-state index is -4.02. The van der Waals surface area contributed by atoms with Crippen LogP contribution in [0.15, 0.2) is 44.9 Å². The van der Waals surface area contributed by atoms with Gasteiger partial charge in [-0.3, -0.25) is 14.3 Å². The summed E-state index contributed by atoms with van der Waals surface area (Å²) in [6.45, 7) is 3.25. The Morgan fingerprint density at radius 2 is 1.71 bits per heavy atom. The summed E-state index contributed by atoms with van der Waals surface area (Å²) in [7, 11) is -1.37. The number of hydrogen-bond donors (Lipinski definition) is 0. The van der Waals surface area contributed by atoms with Crippen molar-refractivity contribution in [1.29, 1.82) is 0 Å². The van der Waals surface area contributed by atoms with Gasteiger partial charge in [0.2, 0.25) is 10.0 Å². The lowest BCUT2D eigenvalue weighted by Crippen LogP contribution is -2.51. The monoisotopic (exact) mass is 410 g/mol. The van der Waals surface area contributed by atoms with E-state index in [2.05, 4.69) is 4.90 Å². The molecule has 0 amide bonds. The molecule has 28 heavy (non-hydrogen) atoms. The maximum Gasteiger partial charge on any atom is 0.330 e. The number of benzene rings is 1. The van der Waals surface area contributed by atoms with Crippen molar-refractivity contribution in [1.82, 2.24) is 18.3 Å². The van der Waals surface area contributed by atoms with E-state index < -0.39 is 26.2 Å². The molecule has 1 atom stereocenters. The van der Waals surface area contributed by atoms with Crippen LogP contribution in [-0.4, -0.2) is 52.9 Å². The van der Waals surface area contributed by atoms with Gasteiger partial charge in [0.15, 0.2) is 4.90 Å². The number of aromatic nitrogens is 2. The molecule has 1 aliphatic rings. The lowest BCUT2D eigenvalue weighted by molar-refractivity contribution is 0.145. The van der Waals surface area contributed by atoms with E-state index in [1.165, 1.54) is 30.5 Å². The number of halogens is 1. The van der Waals surface area contributed by atoms with Gasteiger partial charge in [0.05, 0.1) is 0 Å². The third kappa shape index (κ3) is 3.67. The van der Waals surface area contributed by atoms with Crippen LogP contribution in [0.1, 0.15) is 18.5 Å². The van der Waals surface area contributed by atoms with Crippen molar-refractivity contribution in [2.24, 2.45) is 14.1 Å². The molecular weight excluding hydrogens is 387 g/mol. The Kier molecular flexibility index (Phi) is 5.55. The normalized spacial score (nSPS) is 17.6. The highest BCUT2D eigenvalue weighted by molar-refractivity contribution is 7.89. The van der Waals surface area contributed by atoms with Crippen molar-refractivity contribution in [3.63, 3.8) is 0 Å². The summed E-state index contributed by atoms with van der Waals surface area (Å²) in [5, 5.41) is 0. The van der Waals surface area contributed by atoms with E-state index in [0.29, 0.717) is 13.1 Å². The molecule has 3 rings (SSSR count). The SMILES string of the molecule is C[C@@H](c1cccc(F)c1)N1CCN(S(=O)(=O)c2cn(C)c(=O)n(C)c2=O)CC1. The van der Waals surface area contributed by atoms with Crippen molar-refractivity contribution in [3.05, 3.63) is 62.7 Å². The van der Waals surface area contributed by atoms with Gasteiger partial charge >= 0.3 is 5.69 Å². The fraction of sp³-hybridized carbons (Fsp3) is 0.444. The molecule has 152 valence electrons. The lowest BCUT2D eigenvalue weighted by atomic mass is 10.1. The van der Waals surface area contributed by atoms with Gasteiger partial charge in [-0.2, -0.15) is 4.31 Å². The van der Waals surface area contributed by atoms with Crippen LogP contribution in [0.5, 0.6) is 0 Å². The highest BCUT2D eigenvalue weighted by Gasteiger charge is 2.33. The zero-order chi connectivity index (χ0) is 20.6. The first-order chi connectivity index (χ1) is 13.1. The van der Waals surface area contributed by atoms with Crippen LogP contribution < -0.4 is 11.2 Å². The number of nitrogens with zero attached hydrogens (tertiary/aromatic N) is 4. The average Bonchev–Trinajstić information content (AvgIpc) is 2.68. The third-order valence-electron chi connectivity index (χ3n) is 5.18. The molecule has 2 heterocycles. The third-order valence-corrected chi connectivity index (χ3v) is 7.07. The van der Waals surface area contributed by atoms with E-state index in [1.807, 2.05) is 13.0 Å². The number of hydrogen-bond acceptors (Lipinski definition) is 5. The van der Waals surface area contributed by atoms with Gasteiger partial charge in [0.1, 0.15) is 5.82 Å². The molecule has 10 heteroatoms. The summed E-state index contributed by atoms with van der Waals surface area (Å²) in [5.74, 6) is -0.309. The molecule has 1 aliphatic heterocycles. The summed E-state index contributed by atoms with van der Waals surface area (Å²) in [4.78, 5) is 25.8. The topological polar surface area (TPSA) is 84.6 Å². The highest BCUT2D eigenvalue weighted by atomic mass is 32.2. The summed E-state index contributed by atoms with van der Waals surface area (Å²) < 4.78 is 42.5. The average molecular weight is 410 g/mol. The predicted molar refractivity (Wildman–Crippen MR) is 102 cm³/mol. The van der Waals surface area contributed by atoms with Crippen LogP contribution in [-0.2, 0) is 24.1 Å². The lowest BCUT2D eigenvalue weighted by Gasteiger charge is -2.37.